The van der Waals surface area contributed by atoms with Gasteiger partial charge in [0.25, 0.3) is 5.56 Å². The number of rotatable bonds is 2. The quantitative estimate of drug-likeness (QED) is 0.540. The number of aromatic amines is 1. The molecule has 112 valence electrons. The summed E-state index contributed by atoms with van der Waals surface area (Å²) in [5.41, 5.74) is 2.96. The van der Waals surface area contributed by atoms with Crippen LogP contribution in [-0.2, 0) is 0 Å². The highest BCUT2D eigenvalue weighted by atomic mass is 19.1. The number of H-pyrrole nitrogens is 1. The van der Waals surface area contributed by atoms with E-state index in [1.54, 1.807) is 0 Å². The molecule has 2 aromatic rings. The van der Waals surface area contributed by atoms with Crippen LogP contribution in [0.4, 0.5) is 10.3 Å². The number of nitrogens with one attached hydrogen (secondary N) is 1. The van der Waals surface area contributed by atoms with E-state index < -0.39 is 30.0 Å². The van der Waals surface area contributed by atoms with E-state index in [1.807, 2.05) is 0 Å². The van der Waals surface area contributed by atoms with Gasteiger partial charge in [-0.15, -0.1) is 0 Å². The first kappa shape index (κ1) is 13.7. The van der Waals surface area contributed by atoms with Crippen molar-refractivity contribution in [1.29, 1.82) is 0 Å². The van der Waals surface area contributed by atoms with Gasteiger partial charge < -0.3 is 20.5 Å². The van der Waals surface area contributed by atoms with Crippen LogP contribution >= 0.6 is 0 Å². The summed E-state index contributed by atoms with van der Waals surface area (Å²) in [7, 11) is 0. The highest BCUT2D eigenvalue weighted by molar-refractivity contribution is 5.71. The smallest absolute Gasteiger partial charge is 0.280 e. The second kappa shape index (κ2) is 4.37. The second-order valence-electron chi connectivity index (χ2n) is 5.09. The summed E-state index contributed by atoms with van der Waals surface area (Å²) >= 11 is 0. The summed E-state index contributed by atoms with van der Waals surface area (Å²) in [5.74, 6) is -0.0907. The van der Waals surface area contributed by atoms with Crippen LogP contribution in [0, 0.1) is 0 Å². The summed E-state index contributed by atoms with van der Waals surface area (Å²) in [6, 6.07) is -0.671. The van der Waals surface area contributed by atoms with Gasteiger partial charge in [-0.1, -0.05) is 6.58 Å². The van der Waals surface area contributed by atoms with Gasteiger partial charge in [0, 0.05) is 6.42 Å². The van der Waals surface area contributed by atoms with Gasteiger partial charge in [0.2, 0.25) is 5.95 Å². The van der Waals surface area contributed by atoms with E-state index in [0.717, 1.165) is 0 Å². The first-order valence-electron chi connectivity index (χ1n) is 6.28. The Kier molecular flexibility index (Phi) is 2.85. The van der Waals surface area contributed by atoms with E-state index in [2.05, 4.69) is 21.5 Å². The van der Waals surface area contributed by atoms with Crippen LogP contribution < -0.4 is 11.3 Å². The third-order valence-electron chi connectivity index (χ3n) is 3.93. The maximum atomic E-state index is 14.5. The number of alkyl halides is 1. The third-order valence-corrected chi connectivity index (χ3v) is 3.93. The molecule has 1 saturated carbocycles. The molecule has 0 aliphatic heterocycles. The molecular weight excluding hydrogens is 281 g/mol. The number of hydrogen-bond acceptors (Lipinski definition) is 6. The summed E-state index contributed by atoms with van der Waals surface area (Å²) in [5, 5.41) is 19.0. The summed E-state index contributed by atoms with van der Waals surface area (Å²) in [6.07, 6.45) is -0.0786. The number of nitrogens with zero attached hydrogens (tertiary/aromatic N) is 3. The largest absolute Gasteiger partial charge is 0.393 e. The van der Waals surface area contributed by atoms with E-state index in [9.17, 15) is 19.4 Å². The molecule has 1 aliphatic rings. The Bertz CT molecular complexity index is 785. The number of anilines is 1. The van der Waals surface area contributed by atoms with E-state index >= 15 is 0 Å². The Balaban J connectivity index is 2.15. The normalized spacial score (nSPS) is 29.4. The van der Waals surface area contributed by atoms with Crippen molar-refractivity contribution in [3.8, 4) is 0 Å². The molecule has 5 N–H and O–H groups in total. The highest BCUT2D eigenvalue weighted by Gasteiger charge is 2.51. The maximum Gasteiger partial charge on any atom is 0.280 e. The fourth-order valence-corrected chi connectivity index (χ4v) is 2.69. The van der Waals surface area contributed by atoms with Crippen molar-refractivity contribution in [2.75, 3.05) is 12.3 Å². The molecule has 1 aliphatic carbocycles. The molecule has 2 aromatic heterocycles. The van der Waals surface area contributed by atoms with Gasteiger partial charge >= 0.3 is 0 Å². The first-order chi connectivity index (χ1) is 9.88. The summed E-state index contributed by atoms with van der Waals surface area (Å²) in [4.78, 5) is 22.0. The van der Waals surface area contributed by atoms with Crippen molar-refractivity contribution < 1.29 is 14.6 Å². The number of hydrogen-bond donors (Lipinski definition) is 4. The monoisotopic (exact) mass is 295 g/mol. The number of nitrogens with two attached hydrogens (primary N) is 1. The van der Waals surface area contributed by atoms with Gasteiger partial charge in [0.05, 0.1) is 25.1 Å². The zero-order valence-corrected chi connectivity index (χ0v) is 11.0. The molecule has 0 saturated heterocycles. The summed E-state index contributed by atoms with van der Waals surface area (Å²) < 4.78 is 15.9. The Labute approximate surface area is 117 Å². The number of aliphatic hydroxyl groups is 2. The van der Waals surface area contributed by atoms with Gasteiger partial charge in [-0.05, 0) is 5.57 Å². The SMILES string of the molecule is C=C1[C@H](n2cnc3c(=O)[nH]c(N)nc32)C[C@H](O)[C@]1(F)CO. The lowest BCUT2D eigenvalue weighted by molar-refractivity contribution is -0.00222. The highest BCUT2D eigenvalue weighted by Crippen LogP contribution is 2.45. The second-order valence-corrected chi connectivity index (χ2v) is 5.09. The van der Waals surface area contributed by atoms with Crippen LogP contribution in [0.25, 0.3) is 11.2 Å². The molecule has 3 atom stereocenters. The average molecular weight is 295 g/mol. The van der Waals surface area contributed by atoms with Crippen LogP contribution in [0.15, 0.2) is 23.3 Å². The lowest BCUT2D eigenvalue weighted by Gasteiger charge is -2.22. The minimum Gasteiger partial charge on any atom is -0.393 e. The van der Waals surface area contributed by atoms with Crippen molar-refractivity contribution in [1.82, 2.24) is 19.5 Å². The molecular formula is C12H14FN5O3. The molecule has 3 rings (SSSR count). The molecule has 0 radical (unpaired) electrons. The lowest BCUT2D eigenvalue weighted by Crippen LogP contribution is -2.37. The summed E-state index contributed by atoms with van der Waals surface area (Å²) in [6.45, 7) is 2.76. The van der Waals surface area contributed by atoms with Crippen molar-refractivity contribution in [3.63, 3.8) is 0 Å². The Morgan fingerprint density at radius 1 is 1.67 bits per heavy atom. The van der Waals surface area contributed by atoms with Crippen LogP contribution in [0.2, 0.25) is 0 Å². The van der Waals surface area contributed by atoms with E-state index in [0.29, 0.717) is 0 Å². The minimum absolute atomic E-state index is 0.00423. The fourth-order valence-electron chi connectivity index (χ4n) is 2.69. The molecule has 9 heteroatoms. The van der Waals surface area contributed by atoms with E-state index in [4.69, 9.17) is 5.73 Å². The molecule has 0 spiro atoms. The number of aromatic nitrogens is 4. The standard InChI is InChI=1S/C12H14FN5O3/c1-5-6(2-7(20)12(5,13)3-19)18-4-15-8-9(18)16-11(14)17-10(8)21/h4,6-7,19-20H,1-3H2,(H3,14,16,17,21)/t6-,7+,12+/m1/s1. The molecule has 0 amide bonds. The molecule has 0 bridgehead atoms. The zero-order valence-electron chi connectivity index (χ0n) is 11.0. The van der Waals surface area contributed by atoms with Crippen LogP contribution in [0.5, 0.6) is 0 Å². The van der Waals surface area contributed by atoms with Crippen molar-refractivity contribution in [2.45, 2.75) is 24.2 Å². The van der Waals surface area contributed by atoms with Crippen LogP contribution in [0.3, 0.4) is 0 Å². The lowest BCUT2D eigenvalue weighted by atomic mass is 9.99. The third kappa shape index (κ3) is 1.78. The predicted octanol–water partition coefficient (Wildman–Crippen LogP) is -0.736. The molecule has 2 heterocycles. The topological polar surface area (TPSA) is 130 Å². The number of fused-ring (bicyclic) bond motifs is 1. The molecule has 0 aromatic carbocycles. The van der Waals surface area contributed by atoms with Crippen molar-refractivity contribution in [3.05, 3.63) is 28.8 Å². The Morgan fingerprint density at radius 2 is 2.38 bits per heavy atom. The number of nitrogen functional groups attached to an aromatic ring is 1. The molecule has 1 fully saturated rings. The van der Waals surface area contributed by atoms with E-state index in [-0.39, 0.29) is 29.1 Å². The van der Waals surface area contributed by atoms with E-state index in [1.165, 1.54) is 10.9 Å². The average Bonchev–Trinajstić information content (AvgIpc) is 2.94. The van der Waals surface area contributed by atoms with Gasteiger partial charge in [-0.25, -0.2) is 9.37 Å². The van der Waals surface area contributed by atoms with Crippen LogP contribution in [0.1, 0.15) is 12.5 Å². The van der Waals surface area contributed by atoms with Gasteiger partial charge in [0.1, 0.15) is 0 Å². The molecule has 8 nitrogen and oxygen atoms in total. The Hall–Kier alpha value is -2.26. The maximum absolute atomic E-state index is 14.5. The number of aliphatic hydroxyl groups excluding tert-OH is 2. The van der Waals surface area contributed by atoms with Crippen LogP contribution in [-0.4, -0.2) is 48.1 Å². The number of halogens is 1. The minimum atomic E-state index is -2.28. The Morgan fingerprint density at radius 3 is 3.00 bits per heavy atom. The van der Waals surface area contributed by atoms with Crippen molar-refractivity contribution >= 4 is 17.1 Å². The van der Waals surface area contributed by atoms with Gasteiger partial charge in [0.15, 0.2) is 16.8 Å². The molecule has 21 heavy (non-hydrogen) atoms. The number of imidazole rings is 1. The van der Waals surface area contributed by atoms with Gasteiger partial charge in [-0.3, -0.25) is 9.78 Å². The zero-order chi connectivity index (χ0) is 15.4. The van der Waals surface area contributed by atoms with Gasteiger partial charge in [-0.2, -0.15) is 4.98 Å². The predicted molar refractivity (Wildman–Crippen MR) is 72.3 cm³/mol. The van der Waals surface area contributed by atoms with Crippen molar-refractivity contribution in [2.24, 2.45) is 0 Å². The fraction of sp³-hybridized carbons (Fsp3) is 0.417. The first-order valence-corrected chi connectivity index (χ1v) is 6.28. The molecule has 0 unspecified atom stereocenters.